The van der Waals surface area contributed by atoms with Gasteiger partial charge in [0.15, 0.2) is 11.5 Å². The third kappa shape index (κ3) is 4.10. The number of ketones is 1. The zero-order chi connectivity index (χ0) is 13.5. The summed E-state index contributed by atoms with van der Waals surface area (Å²) in [6.07, 6.45) is 1.10. The van der Waals surface area contributed by atoms with Crippen molar-refractivity contribution >= 4 is 34.9 Å². The van der Waals surface area contributed by atoms with Gasteiger partial charge in [0.2, 0.25) is 0 Å². The predicted octanol–water partition coefficient (Wildman–Crippen LogP) is 3.17. The SMILES string of the molecule is CCCSCc1nc(C(=O)OCC)c(C(C)=O)s1. The van der Waals surface area contributed by atoms with Crippen LogP contribution in [0.25, 0.3) is 0 Å². The van der Waals surface area contributed by atoms with Gasteiger partial charge in [0.05, 0.1) is 6.61 Å². The van der Waals surface area contributed by atoms with Gasteiger partial charge in [-0.3, -0.25) is 4.79 Å². The fourth-order valence-electron chi connectivity index (χ4n) is 1.31. The van der Waals surface area contributed by atoms with Crippen LogP contribution in [0.15, 0.2) is 0 Å². The van der Waals surface area contributed by atoms with Crippen LogP contribution in [0.2, 0.25) is 0 Å². The van der Waals surface area contributed by atoms with E-state index >= 15 is 0 Å². The largest absolute Gasteiger partial charge is 0.461 e. The van der Waals surface area contributed by atoms with E-state index in [0.717, 1.165) is 22.9 Å². The van der Waals surface area contributed by atoms with Crippen LogP contribution in [0.4, 0.5) is 0 Å². The molecular formula is C12H17NO3S2. The van der Waals surface area contributed by atoms with E-state index in [4.69, 9.17) is 4.74 Å². The molecule has 0 aliphatic carbocycles. The Hall–Kier alpha value is -0.880. The molecule has 0 fully saturated rings. The fraction of sp³-hybridized carbons (Fsp3) is 0.583. The summed E-state index contributed by atoms with van der Waals surface area (Å²) in [5.74, 6) is 1.13. The van der Waals surface area contributed by atoms with Gasteiger partial charge in [0, 0.05) is 12.7 Å². The second-order valence-electron chi connectivity index (χ2n) is 3.61. The molecule has 0 unspecified atom stereocenters. The number of aromatic nitrogens is 1. The Labute approximate surface area is 115 Å². The lowest BCUT2D eigenvalue weighted by atomic mass is 10.3. The van der Waals surface area contributed by atoms with Crippen molar-refractivity contribution in [2.24, 2.45) is 0 Å². The highest BCUT2D eigenvalue weighted by Crippen LogP contribution is 2.24. The van der Waals surface area contributed by atoms with Gasteiger partial charge in [0.1, 0.15) is 9.88 Å². The van der Waals surface area contributed by atoms with Gasteiger partial charge in [-0.2, -0.15) is 11.8 Å². The van der Waals surface area contributed by atoms with Crippen LogP contribution in [0.1, 0.15) is 52.4 Å². The van der Waals surface area contributed by atoms with E-state index in [0.29, 0.717) is 4.88 Å². The number of carbonyl (C=O) groups is 2. The monoisotopic (exact) mass is 287 g/mol. The molecular weight excluding hydrogens is 270 g/mol. The van der Waals surface area contributed by atoms with Crippen LogP contribution in [0.5, 0.6) is 0 Å². The van der Waals surface area contributed by atoms with Crippen molar-refractivity contribution in [3.8, 4) is 0 Å². The molecule has 1 rings (SSSR count). The summed E-state index contributed by atoms with van der Waals surface area (Å²) in [6.45, 7) is 5.57. The molecule has 1 heterocycles. The Morgan fingerprint density at radius 2 is 2.11 bits per heavy atom. The lowest BCUT2D eigenvalue weighted by Gasteiger charge is -1.98. The number of hydrogen-bond donors (Lipinski definition) is 0. The molecule has 0 spiro atoms. The van der Waals surface area contributed by atoms with Crippen LogP contribution in [0.3, 0.4) is 0 Å². The van der Waals surface area contributed by atoms with Crippen molar-refractivity contribution in [3.05, 3.63) is 15.6 Å². The van der Waals surface area contributed by atoms with Crippen molar-refractivity contribution in [1.82, 2.24) is 4.98 Å². The first kappa shape index (κ1) is 15.2. The first-order valence-electron chi connectivity index (χ1n) is 5.85. The van der Waals surface area contributed by atoms with Gasteiger partial charge in [-0.15, -0.1) is 11.3 Å². The van der Waals surface area contributed by atoms with Gasteiger partial charge in [-0.25, -0.2) is 9.78 Å². The topological polar surface area (TPSA) is 56.3 Å². The van der Waals surface area contributed by atoms with E-state index in [1.165, 1.54) is 18.3 Å². The summed E-state index contributed by atoms with van der Waals surface area (Å²) in [4.78, 5) is 27.8. The van der Waals surface area contributed by atoms with E-state index in [2.05, 4.69) is 11.9 Å². The molecule has 4 nitrogen and oxygen atoms in total. The number of esters is 1. The maximum Gasteiger partial charge on any atom is 0.358 e. The number of rotatable bonds is 7. The third-order valence-corrected chi connectivity index (χ3v) is 4.55. The molecule has 0 saturated carbocycles. The smallest absolute Gasteiger partial charge is 0.358 e. The number of Topliss-reactive ketones (excluding diaryl/α,β-unsaturated/α-hetero) is 1. The second kappa shape index (κ2) is 7.53. The molecule has 0 aromatic carbocycles. The van der Waals surface area contributed by atoms with Crippen LogP contribution >= 0.6 is 23.1 Å². The first-order chi connectivity index (χ1) is 8.60. The summed E-state index contributed by atoms with van der Waals surface area (Å²) >= 11 is 3.04. The van der Waals surface area contributed by atoms with Crippen LogP contribution in [-0.2, 0) is 10.5 Å². The van der Waals surface area contributed by atoms with Gasteiger partial charge < -0.3 is 4.74 Å². The highest BCUT2D eigenvalue weighted by molar-refractivity contribution is 7.98. The van der Waals surface area contributed by atoms with Crippen LogP contribution in [-0.4, -0.2) is 29.1 Å². The first-order valence-corrected chi connectivity index (χ1v) is 7.82. The van der Waals surface area contributed by atoms with E-state index in [-0.39, 0.29) is 18.1 Å². The summed E-state index contributed by atoms with van der Waals surface area (Å²) in [5.41, 5.74) is 0.168. The standard InChI is InChI=1S/C12H17NO3S2/c1-4-6-17-7-9-13-10(12(15)16-5-2)11(18-9)8(3)14/h4-7H2,1-3H3. The normalized spacial score (nSPS) is 10.4. The summed E-state index contributed by atoms with van der Waals surface area (Å²) < 4.78 is 4.90. The zero-order valence-electron chi connectivity index (χ0n) is 10.8. The minimum atomic E-state index is -0.509. The van der Waals surface area contributed by atoms with Crippen molar-refractivity contribution in [1.29, 1.82) is 0 Å². The quantitative estimate of drug-likeness (QED) is 0.438. The summed E-state index contributed by atoms with van der Waals surface area (Å²) in [5, 5.41) is 0.807. The van der Waals surface area contributed by atoms with E-state index < -0.39 is 5.97 Å². The van der Waals surface area contributed by atoms with E-state index in [9.17, 15) is 9.59 Å². The Kier molecular flexibility index (Phi) is 6.35. The van der Waals surface area contributed by atoms with Crippen molar-refractivity contribution in [2.45, 2.75) is 32.9 Å². The van der Waals surface area contributed by atoms with E-state index in [1.807, 2.05) is 0 Å². The zero-order valence-corrected chi connectivity index (χ0v) is 12.4. The molecule has 1 aromatic heterocycles. The maximum atomic E-state index is 11.7. The molecule has 18 heavy (non-hydrogen) atoms. The average Bonchev–Trinajstić information content (AvgIpc) is 2.74. The molecule has 0 aliphatic rings. The Morgan fingerprint density at radius 1 is 1.39 bits per heavy atom. The molecule has 0 radical (unpaired) electrons. The van der Waals surface area contributed by atoms with Gasteiger partial charge in [0.25, 0.3) is 0 Å². The number of ether oxygens (including phenoxy) is 1. The minimum absolute atomic E-state index is 0.137. The predicted molar refractivity (Wildman–Crippen MR) is 74.5 cm³/mol. The van der Waals surface area contributed by atoms with Gasteiger partial charge in [-0.1, -0.05) is 6.92 Å². The highest BCUT2D eigenvalue weighted by Gasteiger charge is 2.21. The average molecular weight is 287 g/mol. The second-order valence-corrected chi connectivity index (χ2v) is 5.80. The lowest BCUT2D eigenvalue weighted by Crippen LogP contribution is -2.09. The van der Waals surface area contributed by atoms with Crippen molar-refractivity contribution in [3.63, 3.8) is 0 Å². The number of carbonyl (C=O) groups excluding carboxylic acids is 2. The number of thiazole rings is 1. The molecule has 0 N–H and O–H groups in total. The van der Waals surface area contributed by atoms with Crippen LogP contribution < -0.4 is 0 Å². The Morgan fingerprint density at radius 3 is 2.67 bits per heavy atom. The molecule has 1 aromatic rings. The minimum Gasteiger partial charge on any atom is -0.461 e. The van der Waals surface area contributed by atoms with Gasteiger partial charge >= 0.3 is 5.97 Å². The van der Waals surface area contributed by atoms with Crippen molar-refractivity contribution < 1.29 is 14.3 Å². The summed E-state index contributed by atoms with van der Waals surface area (Å²) in [7, 11) is 0. The maximum absolute atomic E-state index is 11.7. The molecule has 0 amide bonds. The number of thioether (sulfide) groups is 1. The lowest BCUT2D eigenvalue weighted by molar-refractivity contribution is 0.0517. The number of hydrogen-bond acceptors (Lipinski definition) is 6. The third-order valence-electron chi connectivity index (χ3n) is 2.03. The number of nitrogens with zero attached hydrogens (tertiary/aromatic N) is 1. The van der Waals surface area contributed by atoms with Crippen LogP contribution in [0, 0.1) is 0 Å². The summed E-state index contributed by atoms with van der Waals surface area (Å²) in [6, 6.07) is 0. The fourth-order valence-corrected chi connectivity index (χ4v) is 3.21. The molecule has 6 heteroatoms. The Bertz CT molecular complexity index is 429. The molecule has 0 bridgehead atoms. The highest BCUT2D eigenvalue weighted by atomic mass is 32.2. The van der Waals surface area contributed by atoms with E-state index in [1.54, 1.807) is 18.7 Å². The van der Waals surface area contributed by atoms with Crippen molar-refractivity contribution in [2.75, 3.05) is 12.4 Å². The molecule has 0 saturated heterocycles. The molecule has 0 aliphatic heterocycles. The Balaban J connectivity index is 2.87. The molecule has 0 atom stereocenters. The molecule has 100 valence electrons. The van der Waals surface area contributed by atoms with Gasteiger partial charge in [-0.05, 0) is 19.1 Å².